The first-order valence-corrected chi connectivity index (χ1v) is 10.6. The van der Waals surface area contributed by atoms with Crippen molar-refractivity contribution in [2.75, 3.05) is 24.6 Å². The average Bonchev–Trinajstić information content (AvgIpc) is 3.29. The zero-order valence-corrected chi connectivity index (χ0v) is 17.5. The summed E-state index contributed by atoms with van der Waals surface area (Å²) in [5.41, 5.74) is 4.04. The van der Waals surface area contributed by atoms with E-state index < -0.39 is 0 Å². The molecule has 1 heterocycles. The van der Waals surface area contributed by atoms with Gasteiger partial charge in [0.05, 0.1) is 36.0 Å². The van der Waals surface area contributed by atoms with Gasteiger partial charge in [0.2, 0.25) is 0 Å². The molecule has 152 valence electrons. The summed E-state index contributed by atoms with van der Waals surface area (Å²) in [7, 11) is 0. The molecule has 0 radical (unpaired) electrons. The first-order chi connectivity index (χ1) is 14.7. The number of rotatable bonds is 9. The fourth-order valence-electron chi connectivity index (χ4n) is 2.80. The number of nitriles is 1. The van der Waals surface area contributed by atoms with Gasteiger partial charge in [-0.25, -0.2) is 0 Å². The predicted octanol–water partition coefficient (Wildman–Crippen LogP) is 5.65. The molecular weight excluding hydrogens is 396 g/mol. The summed E-state index contributed by atoms with van der Waals surface area (Å²) in [6, 6.07) is 18.7. The molecule has 0 N–H and O–H groups in total. The first-order valence-electron chi connectivity index (χ1n) is 9.61. The summed E-state index contributed by atoms with van der Waals surface area (Å²) in [4.78, 5) is 14.0. The first kappa shape index (κ1) is 21.2. The van der Waals surface area contributed by atoms with Crippen LogP contribution in [0.5, 0.6) is 0 Å². The summed E-state index contributed by atoms with van der Waals surface area (Å²) in [5.74, 6) is -0.206. The number of hydrogen-bond donors (Lipinski definition) is 0. The quantitative estimate of drug-likeness (QED) is 0.332. The number of ether oxygens (including phenoxy) is 1. The molecule has 30 heavy (non-hydrogen) atoms. The Hall–Kier alpha value is -3.50. The molecule has 0 saturated carbocycles. The highest BCUT2D eigenvalue weighted by atomic mass is 32.1. The molecule has 2 aromatic carbocycles. The van der Waals surface area contributed by atoms with Gasteiger partial charge in [-0.15, -0.1) is 0 Å². The minimum Gasteiger partial charge on any atom is -0.464 e. The molecule has 0 unspecified atom stereocenters. The lowest BCUT2D eigenvalue weighted by atomic mass is 10.2. The van der Waals surface area contributed by atoms with Crippen molar-refractivity contribution in [1.82, 2.24) is 0 Å². The average molecular weight is 419 g/mol. The van der Waals surface area contributed by atoms with E-state index in [2.05, 4.69) is 28.1 Å². The van der Waals surface area contributed by atoms with Gasteiger partial charge in [0.1, 0.15) is 6.61 Å². The van der Waals surface area contributed by atoms with E-state index in [-0.39, 0.29) is 5.97 Å². The van der Waals surface area contributed by atoms with E-state index in [0.717, 1.165) is 23.5 Å². The second kappa shape index (κ2) is 10.9. The van der Waals surface area contributed by atoms with Crippen molar-refractivity contribution in [3.63, 3.8) is 0 Å². The van der Waals surface area contributed by atoms with Gasteiger partial charge in [-0.1, -0.05) is 0 Å². The molecule has 0 spiro atoms. The van der Waals surface area contributed by atoms with Crippen LogP contribution in [-0.2, 0) is 16.0 Å². The third-order valence-corrected chi connectivity index (χ3v) is 5.16. The summed E-state index contributed by atoms with van der Waals surface area (Å²) >= 11 is 1.57. The van der Waals surface area contributed by atoms with Crippen molar-refractivity contribution in [2.45, 2.75) is 13.3 Å². The number of thiophene rings is 1. The van der Waals surface area contributed by atoms with Gasteiger partial charge in [-0.05, 0) is 77.8 Å². The standard InChI is InChI=1S/C23H22N4O2S/c1-2-27(12-13-29-23(28)15-19-11-14-30-17-19)22-9-7-21(8-10-22)26-25-20-5-3-18(16-24)4-6-20/h3-11,14,17H,2,12-13,15H2,1H3. The normalized spacial score (nSPS) is 10.7. The second-order valence-electron chi connectivity index (χ2n) is 6.48. The van der Waals surface area contributed by atoms with E-state index in [1.165, 1.54) is 0 Å². The van der Waals surface area contributed by atoms with Gasteiger partial charge in [0.15, 0.2) is 0 Å². The van der Waals surface area contributed by atoms with Crippen molar-refractivity contribution < 1.29 is 9.53 Å². The Kier molecular flexibility index (Phi) is 7.70. The van der Waals surface area contributed by atoms with Crippen LogP contribution in [-0.4, -0.2) is 25.7 Å². The molecule has 3 rings (SSSR count). The SMILES string of the molecule is CCN(CCOC(=O)Cc1ccsc1)c1ccc(N=Nc2ccc(C#N)cc2)cc1. The number of likely N-dealkylation sites (N-methyl/N-ethyl adjacent to an activating group) is 1. The molecule has 0 aliphatic carbocycles. The number of azo groups is 1. The van der Waals surface area contributed by atoms with Crippen LogP contribution < -0.4 is 4.90 Å². The zero-order chi connectivity index (χ0) is 21.2. The van der Waals surface area contributed by atoms with Crippen molar-refractivity contribution in [3.8, 4) is 6.07 Å². The van der Waals surface area contributed by atoms with Crippen LogP contribution in [0.4, 0.5) is 17.1 Å². The Labute approximate surface area is 180 Å². The zero-order valence-electron chi connectivity index (χ0n) is 16.7. The monoisotopic (exact) mass is 418 g/mol. The lowest BCUT2D eigenvalue weighted by Crippen LogP contribution is -2.28. The van der Waals surface area contributed by atoms with Crippen LogP contribution in [0, 0.1) is 11.3 Å². The van der Waals surface area contributed by atoms with E-state index in [9.17, 15) is 4.79 Å². The van der Waals surface area contributed by atoms with E-state index in [0.29, 0.717) is 30.8 Å². The fraction of sp³-hybridized carbons (Fsp3) is 0.217. The molecule has 0 bridgehead atoms. The predicted molar refractivity (Wildman–Crippen MR) is 119 cm³/mol. The fourth-order valence-corrected chi connectivity index (χ4v) is 3.47. The number of benzene rings is 2. The van der Waals surface area contributed by atoms with Crippen LogP contribution >= 0.6 is 11.3 Å². The molecule has 0 fully saturated rings. The van der Waals surface area contributed by atoms with Crippen molar-refractivity contribution in [3.05, 3.63) is 76.5 Å². The highest BCUT2D eigenvalue weighted by Gasteiger charge is 2.08. The molecule has 7 heteroatoms. The van der Waals surface area contributed by atoms with Gasteiger partial charge in [-0.2, -0.15) is 26.8 Å². The Bertz CT molecular complexity index is 1010. The Morgan fingerprint density at radius 3 is 2.30 bits per heavy atom. The second-order valence-corrected chi connectivity index (χ2v) is 7.26. The van der Waals surface area contributed by atoms with Gasteiger partial charge < -0.3 is 9.64 Å². The summed E-state index contributed by atoms with van der Waals surface area (Å²) < 4.78 is 5.37. The molecule has 0 atom stereocenters. The minimum absolute atomic E-state index is 0.206. The maximum atomic E-state index is 11.9. The molecule has 0 aliphatic rings. The number of anilines is 1. The maximum absolute atomic E-state index is 11.9. The maximum Gasteiger partial charge on any atom is 0.310 e. The van der Waals surface area contributed by atoms with Gasteiger partial charge in [-0.3, -0.25) is 4.79 Å². The van der Waals surface area contributed by atoms with E-state index in [4.69, 9.17) is 10.00 Å². The van der Waals surface area contributed by atoms with Crippen LogP contribution in [0.3, 0.4) is 0 Å². The van der Waals surface area contributed by atoms with Gasteiger partial charge >= 0.3 is 5.97 Å². The van der Waals surface area contributed by atoms with Gasteiger partial charge in [0, 0.05) is 12.2 Å². The van der Waals surface area contributed by atoms with Gasteiger partial charge in [0.25, 0.3) is 0 Å². The number of nitrogens with zero attached hydrogens (tertiary/aromatic N) is 4. The minimum atomic E-state index is -0.206. The smallest absolute Gasteiger partial charge is 0.310 e. The van der Waals surface area contributed by atoms with E-state index >= 15 is 0 Å². The molecule has 0 aliphatic heterocycles. The summed E-state index contributed by atoms with van der Waals surface area (Å²) in [6.45, 7) is 3.83. The number of carbonyl (C=O) groups is 1. The Balaban J connectivity index is 1.50. The lowest BCUT2D eigenvalue weighted by molar-refractivity contribution is -0.142. The van der Waals surface area contributed by atoms with E-state index in [1.807, 2.05) is 41.1 Å². The third-order valence-electron chi connectivity index (χ3n) is 4.43. The molecule has 6 nitrogen and oxygen atoms in total. The Morgan fingerprint density at radius 2 is 1.73 bits per heavy atom. The topological polar surface area (TPSA) is 78.0 Å². The van der Waals surface area contributed by atoms with E-state index in [1.54, 1.807) is 35.6 Å². The van der Waals surface area contributed by atoms with Crippen molar-refractivity contribution >= 4 is 34.4 Å². The molecule has 1 aromatic heterocycles. The Morgan fingerprint density at radius 1 is 1.07 bits per heavy atom. The molecule has 0 amide bonds. The highest BCUT2D eigenvalue weighted by molar-refractivity contribution is 7.08. The highest BCUT2D eigenvalue weighted by Crippen LogP contribution is 2.22. The van der Waals surface area contributed by atoms with Crippen molar-refractivity contribution in [2.24, 2.45) is 10.2 Å². The molecule has 3 aromatic rings. The van der Waals surface area contributed by atoms with Crippen molar-refractivity contribution in [1.29, 1.82) is 5.26 Å². The van der Waals surface area contributed by atoms with Crippen LogP contribution in [0.15, 0.2) is 75.6 Å². The van der Waals surface area contributed by atoms with Crippen LogP contribution in [0.25, 0.3) is 0 Å². The number of carbonyl (C=O) groups excluding carboxylic acids is 1. The van der Waals surface area contributed by atoms with Crippen LogP contribution in [0.1, 0.15) is 18.1 Å². The summed E-state index contributed by atoms with van der Waals surface area (Å²) in [6.07, 6.45) is 0.314. The third kappa shape index (κ3) is 6.26. The molecular formula is C23H22N4O2S. The largest absolute Gasteiger partial charge is 0.464 e. The number of esters is 1. The molecule has 0 saturated heterocycles. The summed E-state index contributed by atoms with van der Waals surface area (Å²) in [5, 5.41) is 21.2. The lowest BCUT2D eigenvalue weighted by Gasteiger charge is -2.22. The van der Waals surface area contributed by atoms with Crippen LogP contribution in [0.2, 0.25) is 0 Å². The number of hydrogen-bond acceptors (Lipinski definition) is 7.